The fourth-order valence-corrected chi connectivity index (χ4v) is 3.02. The van der Waals surface area contributed by atoms with E-state index in [2.05, 4.69) is 22.9 Å². The van der Waals surface area contributed by atoms with Crippen LogP contribution in [0.15, 0.2) is 29.1 Å². The second-order valence-corrected chi connectivity index (χ2v) is 6.89. The first-order chi connectivity index (χ1) is 12.5. The maximum Gasteiger partial charge on any atom is 0.290 e. The predicted octanol–water partition coefficient (Wildman–Crippen LogP) is 2.00. The number of carbonyl (C=O) groups excluding carboxylic acids is 2. The third-order valence-corrected chi connectivity index (χ3v) is 4.80. The minimum Gasteiger partial charge on any atom is -0.273 e. The van der Waals surface area contributed by atoms with E-state index in [1.807, 2.05) is 6.92 Å². The largest absolute Gasteiger partial charge is 0.290 e. The number of hydrogen-bond donors (Lipinski definition) is 2. The van der Waals surface area contributed by atoms with Gasteiger partial charge in [0, 0.05) is 17.8 Å². The molecular weight excluding hydrogens is 332 g/mol. The number of benzene rings is 1. The van der Waals surface area contributed by atoms with Crippen molar-refractivity contribution in [2.75, 3.05) is 0 Å². The second-order valence-electron chi connectivity index (χ2n) is 6.89. The molecule has 2 aromatic rings. The molecule has 7 nitrogen and oxygen atoms in total. The molecule has 1 aromatic carbocycles. The molecule has 138 valence electrons. The first-order valence-corrected chi connectivity index (χ1v) is 9.13. The summed E-state index contributed by atoms with van der Waals surface area (Å²) < 4.78 is 1.34. The Hall–Kier alpha value is -2.70. The minimum absolute atomic E-state index is 0.0389. The van der Waals surface area contributed by atoms with Crippen molar-refractivity contribution < 1.29 is 9.59 Å². The Bertz CT molecular complexity index is 890. The van der Waals surface area contributed by atoms with E-state index < -0.39 is 5.91 Å². The lowest BCUT2D eigenvalue weighted by Crippen LogP contribution is -2.43. The molecule has 1 aliphatic carbocycles. The van der Waals surface area contributed by atoms with Gasteiger partial charge in [-0.05, 0) is 24.8 Å². The Morgan fingerprint density at radius 3 is 2.54 bits per heavy atom. The zero-order valence-electron chi connectivity index (χ0n) is 15.1. The molecule has 1 aromatic heterocycles. The SMILES string of the molecule is CCCCCn1nc(C(=O)NNC(=O)C2CC2C)c2ccccc2c1=O. The van der Waals surface area contributed by atoms with E-state index in [9.17, 15) is 14.4 Å². The first kappa shape index (κ1) is 18.1. The summed E-state index contributed by atoms with van der Waals surface area (Å²) >= 11 is 0. The van der Waals surface area contributed by atoms with Gasteiger partial charge in [-0.15, -0.1) is 0 Å². The number of carbonyl (C=O) groups is 2. The summed E-state index contributed by atoms with van der Waals surface area (Å²) in [4.78, 5) is 37.1. The number of aromatic nitrogens is 2. The normalized spacial score (nSPS) is 18.5. The maximum absolute atomic E-state index is 12.6. The number of aryl methyl sites for hydroxylation is 1. The highest BCUT2D eigenvalue weighted by Gasteiger charge is 2.39. The van der Waals surface area contributed by atoms with E-state index >= 15 is 0 Å². The molecule has 1 heterocycles. The number of hydrazine groups is 1. The van der Waals surface area contributed by atoms with Gasteiger partial charge >= 0.3 is 0 Å². The molecular formula is C19H24N4O3. The van der Waals surface area contributed by atoms with Gasteiger partial charge < -0.3 is 0 Å². The number of fused-ring (bicyclic) bond motifs is 1. The summed E-state index contributed by atoms with van der Waals surface area (Å²) in [5, 5.41) is 5.20. The number of amides is 2. The van der Waals surface area contributed by atoms with Crippen LogP contribution in [0, 0.1) is 11.8 Å². The smallest absolute Gasteiger partial charge is 0.273 e. The summed E-state index contributed by atoms with van der Waals surface area (Å²) in [6.07, 6.45) is 3.67. The van der Waals surface area contributed by atoms with E-state index in [0.717, 1.165) is 25.7 Å². The van der Waals surface area contributed by atoms with Crippen LogP contribution in [-0.2, 0) is 11.3 Å². The Kier molecular flexibility index (Phi) is 5.35. The van der Waals surface area contributed by atoms with Crippen LogP contribution in [0.2, 0.25) is 0 Å². The van der Waals surface area contributed by atoms with Crippen LogP contribution in [0.1, 0.15) is 50.0 Å². The third kappa shape index (κ3) is 3.76. The molecule has 0 spiro atoms. The van der Waals surface area contributed by atoms with Gasteiger partial charge in [-0.2, -0.15) is 5.10 Å². The molecule has 1 saturated carbocycles. The fourth-order valence-electron chi connectivity index (χ4n) is 3.02. The quantitative estimate of drug-likeness (QED) is 0.611. The summed E-state index contributed by atoms with van der Waals surface area (Å²) in [6.45, 7) is 4.54. The highest BCUT2D eigenvalue weighted by atomic mass is 16.2. The van der Waals surface area contributed by atoms with E-state index in [0.29, 0.717) is 23.2 Å². The maximum atomic E-state index is 12.6. The Morgan fingerprint density at radius 2 is 1.88 bits per heavy atom. The van der Waals surface area contributed by atoms with Crippen LogP contribution in [0.25, 0.3) is 10.8 Å². The van der Waals surface area contributed by atoms with Crippen molar-refractivity contribution in [3.8, 4) is 0 Å². The molecule has 2 amide bonds. The highest BCUT2D eigenvalue weighted by molar-refractivity contribution is 6.05. The van der Waals surface area contributed by atoms with Crippen molar-refractivity contribution in [1.29, 1.82) is 0 Å². The molecule has 0 bridgehead atoms. The van der Waals surface area contributed by atoms with Gasteiger partial charge in [-0.25, -0.2) is 4.68 Å². The zero-order chi connectivity index (χ0) is 18.7. The zero-order valence-corrected chi connectivity index (χ0v) is 15.1. The molecule has 26 heavy (non-hydrogen) atoms. The van der Waals surface area contributed by atoms with Crippen molar-refractivity contribution in [2.45, 2.75) is 46.1 Å². The standard InChI is InChI=1S/C19H24N4O3/c1-3-4-7-10-23-19(26)14-9-6-5-8-13(14)16(22-23)18(25)21-20-17(24)15-11-12(15)2/h5-6,8-9,12,15H,3-4,7,10-11H2,1-2H3,(H,20,24)(H,21,25). The van der Waals surface area contributed by atoms with Gasteiger partial charge in [0.25, 0.3) is 11.5 Å². The van der Waals surface area contributed by atoms with Crippen LogP contribution in [0.3, 0.4) is 0 Å². The lowest BCUT2D eigenvalue weighted by molar-refractivity contribution is -0.123. The Morgan fingerprint density at radius 1 is 1.19 bits per heavy atom. The van der Waals surface area contributed by atoms with Crippen LogP contribution in [0.4, 0.5) is 0 Å². The Labute approximate surface area is 151 Å². The van der Waals surface area contributed by atoms with Crippen LogP contribution in [0.5, 0.6) is 0 Å². The number of hydrogen-bond acceptors (Lipinski definition) is 4. The molecule has 0 aliphatic heterocycles. The number of nitrogens with one attached hydrogen (secondary N) is 2. The molecule has 3 rings (SSSR count). The van der Waals surface area contributed by atoms with Gasteiger partial charge in [-0.3, -0.25) is 25.2 Å². The minimum atomic E-state index is -0.521. The molecule has 2 unspecified atom stereocenters. The number of rotatable bonds is 6. The van der Waals surface area contributed by atoms with Crippen LogP contribution >= 0.6 is 0 Å². The van der Waals surface area contributed by atoms with Crippen molar-refractivity contribution in [2.24, 2.45) is 11.8 Å². The van der Waals surface area contributed by atoms with Crippen molar-refractivity contribution >= 4 is 22.6 Å². The summed E-state index contributed by atoms with van der Waals surface area (Å²) in [5.74, 6) is -0.396. The molecule has 0 saturated heterocycles. The third-order valence-electron chi connectivity index (χ3n) is 4.80. The van der Waals surface area contributed by atoms with Crippen molar-refractivity contribution in [3.05, 3.63) is 40.3 Å². The predicted molar refractivity (Wildman–Crippen MR) is 98.4 cm³/mol. The van der Waals surface area contributed by atoms with Crippen LogP contribution in [-0.4, -0.2) is 21.6 Å². The Balaban J connectivity index is 1.85. The van der Waals surface area contributed by atoms with Gasteiger partial charge in [0.1, 0.15) is 0 Å². The van der Waals surface area contributed by atoms with Gasteiger partial charge in [0.2, 0.25) is 5.91 Å². The molecule has 2 N–H and O–H groups in total. The van der Waals surface area contributed by atoms with Crippen molar-refractivity contribution in [1.82, 2.24) is 20.6 Å². The lowest BCUT2D eigenvalue weighted by Gasteiger charge is -2.11. The van der Waals surface area contributed by atoms with Gasteiger partial charge in [0.05, 0.1) is 5.39 Å². The topological polar surface area (TPSA) is 93.1 Å². The molecule has 0 radical (unpaired) electrons. The average molecular weight is 356 g/mol. The van der Waals surface area contributed by atoms with E-state index in [4.69, 9.17) is 0 Å². The first-order valence-electron chi connectivity index (χ1n) is 9.13. The van der Waals surface area contributed by atoms with Crippen LogP contribution < -0.4 is 16.4 Å². The monoisotopic (exact) mass is 356 g/mol. The van der Waals surface area contributed by atoms with E-state index in [-0.39, 0.29) is 23.1 Å². The summed E-state index contributed by atoms with van der Waals surface area (Å²) in [6, 6.07) is 6.90. The highest BCUT2D eigenvalue weighted by Crippen LogP contribution is 2.37. The lowest BCUT2D eigenvalue weighted by atomic mass is 10.1. The molecule has 1 fully saturated rings. The van der Waals surface area contributed by atoms with E-state index in [1.54, 1.807) is 24.3 Å². The average Bonchev–Trinajstić information content (AvgIpc) is 3.38. The van der Waals surface area contributed by atoms with Gasteiger partial charge in [-0.1, -0.05) is 44.9 Å². The molecule has 2 atom stereocenters. The number of nitrogens with zero attached hydrogens (tertiary/aromatic N) is 2. The number of unbranched alkanes of at least 4 members (excludes halogenated alkanes) is 2. The fraction of sp³-hybridized carbons (Fsp3) is 0.474. The summed E-state index contributed by atoms with van der Waals surface area (Å²) in [7, 11) is 0. The van der Waals surface area contributed by atoms with E-state index in [1.165, 1.54) is 4.68 Å². The molecule has 7 heteroatoms. The molecule has 1 aliphatic rings. The van der Waals surface area contributed by atoms with Crippen molar-refractivity contribution in [3.63, 3.8) is 0 Å². The second kappa shape index (κ2) is 7.68. The van der Waals surface area contributed by atoms with Gasteiger partial charge in [0.15, 0.2) is 5.69 Å². The summed E-state index contributed by atoms with van der Waals surface area (Å²) in [5.41, 5.74) is 4.82.